The van der Waals surface area contributed by atoms with Crippen LogP contribution in [0.25, 0.3) is 0 Å². The van der Waals surface area contributed by atoms with Gasteiger partial charge in [0.1, 0.15) is 5.82 Å². The fourth-order valence-corrected chi connectivity index (χ4v) is 1.91. The first kappa shape index (κ1) is 11.5. The molecule has 1 aliphatic heterocycles. The third kappa shape index (κ3) is 2.07. The van der Waals surface area contributed by atoms with Gasteiger partial charge in [-0.3, -0.25) is 0 Å². The molecule has 0 amide bonds. The predicted octanol–water partition coefficient (Wildman–Crippen LogP) is 2.63. The topological polar surface area (TPSA) is 12.0 Å². The van der Waals surface area contributed by atoms with E-state index in [1.54, 1.807) is 0 Å². The van der Waals surface area contributed by atoms with Crippen LogP contribution in [0.15, 0.2) is 18.2 Å². The summed E-state index contributed by atoms with van der Waals surface area (Å²) >= 11 is 0. The van der Waals surface area contributed by atoms with Crippen LogP contribution in [0.1, 0.15) is 23.5 Å². The zero-order chi connectivity index (χ0) is 9.26. The van der Waals surface area contributed by atoms with Gasteiger partial charge < -0.3 is 5.32 Å². The molecule has 3 heteroatoms. The summed E-state index contributed by atoms with van der Waals surface area (Å²) in [7, 11) is 0. The van der Waals surface area contributed by atoms with Gasteiger partial charge in [-0.15, -0.1) is 12.4 Å². The summed E-state index contributed by atoms with van der Waals surface area (Å²) in [6.45, 7) is 3.75. The second-order valence-corrected chi connectivity index (χ2v) is 3.67. The predicted molar refractivity (Wildman–Crippen MR) is 58.6 cm³/mol. The molecule has 1 saturated heterocycles. The molecule has 1 atom stereocenters. The molecule has 1 aliphatic rings. The Kier molecular flexibility index (Phi) is 3.90. The average Bonchev–Trinajstić information content (AvgIpc) is 2.62. The highest BCUT2D eigenvalue weighted by Crippen LogP contribution is 2.25. The summed E-state index contributed by atoms with van der Waals surface area (Å²) in [6.07, 6.45) is 1.06. The first-order chi connectivity index (χ1) is 6.29. The minimum atomic E-state index is -0.0174. The van der Waals surface area contributed by atoms with E-state index in [-0.39, 0.29) is 18.2 Å². The van der Waals surface area contributed by atoms with Gasteiger partial charge in [0, 0.05) is 12.5 Å². The number of rotatable bonds is 1. The van der Waals surface area contributed by atoms with Gasteiger partial charge in [0.2, 0.25) is 0 Å². The van der Waals surface area contributed by atoms with E-state index in [2.05, 4.69) is 5.32 Å². The first-order valence-corrected chi connectivity index (χ1v) is 4.75. The van der Waals surface area contributed by atoms with Crippen molar-refractivity contribution < 1.29 is 4.39 Å². The van der Waals surface area contributed by atoms with Gasteiger partial charge in [-0.05, 0) is 31.0 Å². The van der Waals surface area contributed by atoms with E-state index in [9.17, 15) is 4.39 Å². The molecule has 0 aliphatic carbocycles. The molecule has 1 nitrogen and oxygen atoms in total. The van der Waals surface area contributed by atoms with Crippen molar-refractivity contribution in [3.05, 3.63) is 35.1 Å². The molecular weight excluding hydrogens is 201 g/mol. The second-order valence-electron chi connectivity index (χ2n) is 3.67. The van der Waals surface area contributed by atoms with Crippen molar-refractivity contribution in [2.75, 3.05) is 13.1 Å². The summed E-state index contributed by atoms with van der Waals surface area (Å²) in [6, 6.07) is 5.66. The molecule has 2 rings (SSSR count). The molecule has 0 radical (unpaired) electrons. The smallest absolute Gasteiger partial charge is 0.129 e. The standard InChI is InChI=1S/C11H14FN.ClH/c1-8-3-2-4-10(11(8)12)9-5-6-13-7-9;/h2-4,9,13H,5-7H2,1H3;1H. The van der Waals surface area contributed by atoms with E-state index in [0.29, 0.717) is 5.92 Å². The van der Waals surface area contributed by atoms with E-state index in [1.165, 1.54) is 0 Å². The SMILES string of the molecule is Cc1cccc(C2CCNC2)c1F.Cl. The van der Waals surface area contributed by atoms with Gasteiger partial charge in [0.25, 0.3) is 0 Å². The highest BCUT2D eigenvalue weighted by atomic mass is 35.5. The number of hydrogen-bond donors (Lipinski definition) is 1. The van der Waals surface area contributed by atoms with Crippen LogP contribution >= 0.6 is 12.4 Å². The van der Waals surface area contributed by atoms with Crippen LogP contribution in [0.2, 0.25) is 0 Å². The van der Waals surface area contributed by atoms with Crippen molar-refractivity contribution in [2.45, 2.75) is 19.3 Å². The minimum absolute atomic E-state index is 0. The van der Waals surface area contributed by atoms with Crippen molar-refractivity contribution in [1.82, 2.24) is 5.32 Å². The van der Waals surface area contributed by atoms with Crippen LogP contribution in [0.4, 0.5) is 4.39 Å². The molecule has 0 spiro atoms. The lowest BCUT2D eigenvalue weighted by Gasteiger charge is -2.10. The Morgan fingerprint density at radius 2 is 2.21 bits per heavy atom. The lowest BCUT2D eigenvalue weighted by atomic mass is 9.96. The highest BCUT2D eigenvalue weighted by molar-refractivity contribution is 5.85. The maximum absolute atomic E-state index is 13.6. The molecule has 1 N–H and O–H groups in total. The van der Waals surface area contributed by atoms with E-state index in [1.807, 2.05) is 25.1 Å². The third-order valence-electron chi connectivity index (χ3n) is 2.72. The van der Waals surface area contributed by atoms with Crippen LogP contribution in [0, 0.1) is 12.7 Å². The van der Waals surface area contributed by atoms with Gasteiger partial charge >= 0.3 is 0 Å². The summed E-state index contributed by atoms with van der Waals surface area (Å²) in [5.41, 5.74) is 1.63. The molecule has 1 aromatic carbocycles. The maximum Gasteiger partial charge on any atom is 0.129 e. The molecule has 0 bridgehead atoms. The number of benzene rings is 1. The van der Waals surface area contributed by atoms with Gasteiger partial charge in [0.05, 0.1) is 0 Å². The van der Waals surface area contributed by atoms with Crippen molar-refractivity contribution in [3.8, 4) is 0 Å². The zero-order valence-electron chi connectivity index (χ0n) is 8.22. The average molecular weight is 216 g/mol. The first-order valence-electron chi connectivity index (χ1n) is 4.75. The summed E-state index contributed by atoms with van der Waals surface area (Å²) in [5, 5.41) is 3.25. The molecule has 1 fully saturated rings. The Hall–Kier alpha value is -0.600. The maximum atomic E-state index is 13.6. The lowest BCUT2D eigenvalue weighted by Crippen LogP contribution is -2.09. The Labute approximate surface area is 90.1 Å². The molecule has 1 aromatic rings. The molecular formula is C11H15ClFN. The van der Waals surface area contributed by atoms with Crippen LogP contribution in [0.3, 0.4) is 0 Å². The van der Waals surface area contributed by atoms with E-state index < -0.39 is 0 Å². The van der Waals surface area contributed by atoms with Crippen LogP contribution in [-0.2, 0) is 0 Å². The Balaban J connectivity index is 0.000000980. The normalized spacial score (nSPS) is 20.6. The number of nitrogens with one attached hydrogen (secondary N) is 1. The number of aryl methyl sites for hydroxylation is 1. The van der Waals surface area contributed by atoms with E-state index >= 15 is 0 Å². The summed E-state index contributed by atoms with van der Waals surface area (Å²) in [5.74, 6) is 0.358. The van der Waals surface area contributed by atoms with Gasteiger partial charge in [0.15, 0.2) is 0 Å². The van der Waals surface area contributed by atoms with E-state index in [0.717, 1.165) is 30.6 Å². The second kappa shape index (κ2) is 4.76. The Morgan fingerprint density at radius 3 is 2.86 bits per heavy atom. The molecule has 14 heavy (non-hydrogen) atoms. The fraction of sp³-hybridized carbons (Fsp3) is 0.455. The lowest BCUT2D eigenvalue weighted by molar-refractivity contribution is 0.580. The molecule has 1 heterocycles. The van der Waals surface area contributed by atoms with Crippen molar-refractivity contribution >= 4 is 12.4 Å². The monoisotopic (exact) mass is 215 g/mol. The Bertz CT molecular complexity index is 308. The summed E-state index contributed by atoms with van der Waals surface area (Å²) < 4.78 is 13.6. The summed E-state index contributed by atoms with van der Waals surface area (Å²) in [4.78, 5) is 0. The number of hydrogen-bond acceptors (Lipinski definition) is 1. The van der Waals surface area contributed by atoms with Crippen molar-refractivity contribution in [3.63, 3.8) is 0 Å². The van der Waals surface area contributed by atoms with Gasteiger partial charge in [-0.2, -0.15) is 0 Å². The Morgan fingerprint density at radius 1 is 1.43 bits per heavy atom. The number of halogens is 2. The largest absolute Gasteiger partial charge is 0.316 e. The van der Waals surface area contributed by atoms with E-state index in [4.69, 9.17) is 0 Å². The zero-order valence-corrected chi connectivity index (χ0v) is 9.03. The molecule has 1 unspecified atom stereocenters. The fourth-order valence-electron chi connectivity index (χ4n) is 1.91. The van der Waals surface area contributed by atoms with Crippen LogP contribution in [0.5, 0.6) is 0 Å². The molecule has 0 aromatic heterocycles. The quantitative estimate of drug-likeness (QED) is 0.760. The minimum Gasteiger partial charge on any atom is -0.316 e. The molecule has 78 valence electrons. The third-order valence-corrected chi connectivity index (χ3v) is 2.72. The van der Waals surface area contributed by atoms with Crippen molar-refractivity contribution in [1.29, 1.82) is 0 Å². The molecule has 0 saturated carbocycles. The van der Waals surface area contributed by atoms with Gasteiger partial charge in [-0.1, -0.05) is 18.2 Å². The highest BCUT2D eigenvalue weighted by Gasteiger charge is 2.20. The van der Waals surface area contributed by atoms with Crippen LogP contribution in [-0.4, -0.2) is 13.1 Å². The van der Waals surface area contributed by atoms with Crippen LogP contribution < -0.4 is 5.32 Å². The van der Waals surface area contributed by atoms with Gasteiger partial charge in [-0.25, -0.2) is 4.39 Å². The van der Waals surface area contributed by atoms with Crippen molar-refractivity contribution in [2.24, 2.45) is 0 Å².